The summed E-state index contributed by atoms with van der Waals surface area (Å²) in [6.07, 6.45) is 2.11. The van der Waals surface area contributed by atoms with Crippen molar-refractivity contribution in [1.29, 1.82) is 0 Å². The van der Waals surface area contributed by atoms with Crippen LogP contribution in [0.1, 0.15) is 29.4 Å². The SMILES string of the molecule is Cc1[nH]nc2c1C(N)CC2. The van der Waals surface area contributed by atoms with Crippen molar-refractivity contribution in [2.24, 2.45) is 5.73 Å². The summed E-state index contributed by atoms with van der Waals surface area (Å²) in [6.45, 7) is 2.02. The van der Waals surface area contributed by atoms with Crippen LogP contribution in [0.3, 0.4) is 0 Å². The van der Waals surface area contributed by atoms with E-state index in [0.29, 0.717) is 0 Å². The van der Waals surface area contributed by atoms with Crippen LogP contribution >= 0.6 is 0 Å². The Morgan fingerprint density at radius 1 is 1.70 bits per heavy atom. The maximum atomic E-state index is 5.83. The molecule has 0 aliphatic heterocycles. The van der Waals surface area contributed by atoms with Crippen molar-refractivity contribution in [1.82, 2.24) is 10.2 Å². The molecular weight excluding hydrogens is 126 g/mol. The van der Waals surface area contributed by atoms with Gasteiger partial charge >= 0.3 is 0 Å². The molecule has 1 aromatic heterocycles. The van der Waals surface area contributed by atoms with Gasteiger partial charge in [-0.25, -0.2) is 0 Å². The lowest BCUT2D eigenvalue weighted by Crippen LogP contribution is -2.05. The molecule has 3 nitrogen and oxygen atoms in total. The Labute approximate surface area is 59.6 Å². The van der Waals surface area contributed by atoms with Gasteiger partial charge in [-0.05, 0) is 19.8 Å². The highest BCUT2D eigenvalue weighted by atomic mass is 15.1. The van der Waals surface area contributed by atoms with Crippen LogP contribution in [-0.4, -0.2) is 10.2 Å². The topological polar surface area (TPSA) is 54.7 Å². The summed E-state index contributed by atoms with van der Waals surface area (Å²) in [6, 6.07) is 0.230. The number of aromatic amines is 1. The molecule has 1 heterocycles. The van der Waals surface area contributed by atoms with Gasteiger partial charge < -0.3 is 5.73 Å². The van der Waals surface area contributed by atoms with Crippen molar-refractivity contribution in [3.8, 4) is 0 Å². The van der Waals surface area contributed by atoms with Gasteiger partial charge in [-0.15, -0.1) is 0 Å². The predicted molar refractivity (Wildman–Crippen MR) is 38.6 cm³/mol. The molecule has 0 spiro atoms. The summed E-state index contributed by atoms with van der Waals surface area (Å²) in [5.41, 5.74) is 9.39. The molecule has 10 heavy (non-hydrogen) atoms. The van der Waals surface area contributed by atoms with Crippen LogP contribution in [0, 0.1) is 6.92 Å². The van der Waals surface area contributed by atoms with E-state index < -0.39 is 0 Å². The lowest BCUT2D eigenvalue weighted by atomic mass is 10.1. The van der Waals surface area contributed by atoms with Gasteiger partial charge in [0.05, 0.1) is 5.69 Å². The molecule has 1 aromatic rings. The molecule has 2 rings (SSSR count). The van der Waals surface area contributed by atoms with Gasteiger partial charge in [0.1, 0.15) is 0 Å². The van der Waals surface area contributed by atoms with Crippen molar-refractivity contribution in [3.05, 3.63) is 17.0 Å². The van der Waals surface area contributed by atoms with Crippen LogP contribution in [0.5, 0.6) is 0 Å². The highest BCUT2D eigenvalue weighted by molar-refractivity contribution is 5.31. The Hall–Kier alpha value is -0.830. The molecule has 0 fully saturated rings. The number of nitrogens with two attached hydrogens (primary N) is 1. The number of aromatic nitrogens is 2. The summed E-state index contributed by atoms with van der Waals surface area (Å²) in [4.78, 5) is 0. The highest BCUT2D eigenvalue weighted by Crippen LogP contribution is 2.29. The normalized spacial score (nSPS) is 23.2. The second-order valence-corrected chi connectivity index (χ2v) is 2.85. The lowest BCUT2D eigenvalue weighted by molar-refractivity contribution is 0.698. The second kappa shape index (κ2) is 1.83. The first-order valence-electron chi connectivity index (χ1n) is 3.58. The van der Waals surface area contributed by atoms with Gasteiger partial charge in [0.2, 0.25) is 0 Å². The number of nitrogens with zero attached hydrogens (tertiary/aromatic N) is 1. The van der Waals surface area contributed by atoms with Crippen LogP contribution in [0.2, 0.25) is 0 Å². The molecule has 0 saturated heterocycles. The van der Waals surface area contributed by atoms with E-state index in [9.17, 15) is 0 Å². The van der Waals surface area contributed by atoms with Gasteiger partial charge in [-0.1, -0.05) is 0 Å². The summed E-state index contributed by atoms with van der Waals surface area (Å²) in [5, 5.41) is 7.08. The number of fused-ring (bicyclic) bond motifs is 1. The minimum absolute atomic E-state index is 0.230. The number of hydrogen-bond donors (Lipinski definition) is 2. The zero-order valence-electron chi connectivity index (χ0n) is 6.02. The Morgan fingerprint density at radius 3 is 3.20 bits per heavy atom. The number of aryl methyl sites for hydroxylation is 2. The molecule has 1 aliphatic carbocycles. The molecule has 0 amide bonds. The first-order chi connectivity index (χ1) is 4.79. The number of rotatable bonds is 0. The van der Waals surface area contributed by atoms with E-state index in [4.69, 9.17) is 5.73 Å². The Bertz CT molecular complexity index is 251. The summed E-state index contributed by atoms with van der Waals surface area (Å²) >= 11 is 0. The molecule has 1 unspecified atom stereocenters. The van der Waals surface area contributed by atoms with Crippen LogP contribution < -0.4 is 5.73 Å². The molecule has 3 N–H and O–H groups in total. The predicted octanol–water partition coefficient (Wildman–Crippen LogP) is 0.664. The van der Waals surface area contributed by atoms with E-state index in [1.807, 2.05) is 6.92 Å². The average molecular weight is 137 g/mol. The third-order valence-electron chi connectivity index (χ3n) is 2.14. The number of nitrogens with one attached hydrogen (secondary N) is 1. The minimum Gasteiger partial charge on any atom is -0.324 e. The van der Waals surface area contributed by atoms with E-state index >= 15 is 0 Å². The molecule has 1 atom stereocenters. The first kappa shape index (κ1) is 5.92. The van der Waals surface area contributed by atoms with Gasteiger partial charge in [0.15, 0.2) is 0 Å². The van der Waals surface area contributed by atoms with Crippen molar-refractivity contribution < 1.29 is 0 Å². The molecule has 0 bridgehead atoms. The smallest absolute Gasteiger partial charge is 0.0673 e. The maximum absolute atomic E-state index is 5.83. The van der Waals surface area contributed by atoms with Crippen molar-refractivity contribution in [2.45, 2.75) is 25.8 Å². The van der Waals surface area contributed by atoms with E-state index in [1.165, 1.54) is 11.3 Å². The van der Waals surface area contributed by atoms with Crippen LogP contribution in [0.25, 0.3) is 0 Å². The Balaban J connectivity index is 2.54. The zero-order valence-corrected chi connectivity index (χ0v) is 6.02. The summed E-state index contributed by atoms with van der Waals surface area (Å²) < 4.78 is 0. The molecule has 54 valence electrons. The monoisotopic (exact) mass is 137 g/mol. The number of hydrogen-bond acceptors (Lipinski definition) is 2. The van der Waals surface area contributed by atoms with E-state index in [-0.39, 0.29) is 6.04 Å². The first-order valence-corrected chi connectivity index (χ1v) is 3.58. The minimum atomic E-state index is 0.230. The van der Waals surface area contributed by atoms with Crippen molar-refractivity contribution in [2.75, 3.05) is 0 Å². The highest BCUT2D eigenvalue weighted by Gasteiger charge is 2.23. The Kier molecular flexibility index (Phi) is 1.08. The van der Waals surface area contributed by atoms with Crippen molar-refractivity contribution in [3.63, 3.8) is 0 Å². The van der Waals surface area contributed by atoms with Gasteiger partial charge in [0.25, 0.3) is 0 Å². The van der Waals surface area contributed by atoms with Crippen LogP contribution in [0.15, 0.2) is 0 Å². The van der Waals surface area contributed by atoms with Gasteiger partial charge in [-0.3, -0.25) is 5.10 Å². The standard InChI is InChI=1S/C7H11N3/c1-4-7-5(8)2-3-6(7)10-9-4/h5H,2-3,8H2,1H3,(H,9,10). The molecular formula is C7H11N3. The van der Waals surface area contributed by atoms with Crippen LogP contribution in [-0.2, 0) is 6.42 Å². The fourth-order valence-corrected chi connectivity index (χ4v) is 1.61. The van der Waals surface area contributed by atoms with Crippen LogP contribution in [0.4, 0.5) is 0 Å². The van der Waals surface area contributed by atoms with E-state index in [1.54, 1.807) is 0 Å². The molecule has 3 heteroatoms. The zero-order chi connectivity index (χ0) is 7.14. The molecule has 0 radical (unpaired) electrons. The molecule has 0 saturated carbocycles. The van der Waals surface area contributed by atoms with E-state index in [2.05, 4.69) is 10.2 Å². The van der Waals surface area contributed by atoms with E-state index in [0.717, 1.165) is 18.5 Å². The van der Waals surface area contributed by atoms with Gasteiger partial charge in [-0.2, -0.15) is 5.10 Å². The molecule has 0 aromatic carbocycles. The quantitative estimate of drug-likeness (QED) is 0.552. The average Bonchev–Trinajstić information content (AvgIpc) is 2.40. The summed E-state index contributed by atoms with van der Waals surface area (Å²) in [5.74, 6) is 0. The second-order valence-electron chi connectivity index (χ2n) is 2.85. The largest absolute Gasteiger partial charge is 0.324 e. The third kappa shape index (κ3) is 0.609. The fourth-order valence-electron chi connectivity index (χ4n) is 1.61. The molecule has 1 aliphatic rings. The number of H-pyrrole nitrogens is 1. The Morgan fingerprint density at radius 2 is 2.50 bits per heavy atom. The van der Waals surface area contributed by atoms with Crippen molar-refractivity contribution >= 4 is 0 Å². The summed E-state index contributed by atoms with van der Waals surface area (Å²) in [7, 11) is 0. The fraction of sp³-hybridized carbons (Fsp3) is 0.571. The lowest BCUT2D eigenvalue weighted by Gasteiger charge is -2.00. The van der Waals surface area contributed by atoms with Gasteiger partial charge in [0, 0.05) is 17.3 Å². The maximum Gasteiger partial charge on any atom is 0.0673 e. The third-order valence-corrected chi connectivity index (χ3v) is 2.14.